The third-order valence-corrected chi connectivity index (χ3v) is 4.38. The molecule has 2 rings (SSSR count). The number of nitrogen functional groups attached to an aromatic ring is 1. The molecular formula is C15H20N6O3S. The van der Waals surface area contributed by atoms with Gasteiger partial charge in [-0.3, -0.25) is 10.1 Å². The monoisotopic (exact) mass is 364 g/mol. The van der Waals surface area contributed by atoms with Crippen molar-refractivity contribution in [3.8, 4) is 5.75 Å². The Morgan fingerprint density at radius 1 is 1.36 bits per heavy atom. The molecule has 2 aromatic rings. The van der Waals surface area contributed by atoms with E-state index in [-0.39, 0.29) is 6.61 Å². The van der Waals surface area contributed by atoms with E-state index in [9.17, 15) is 9.59 Å². The topological polar surface area (TPSA) is 138 Å². The van der Waals surface area contributed by atoms with Crippen LogP contribution in [0.2, 0.25) is 0 Å². The van der Waals surface area contributed by atoms with Crippen LogP contribution in [-0.2, 0) is 11.4 Å². The van der Waals surface area contributed by atoms with Crippen LogP contribution in [0.3, 0.4) is 0 Å². The predicted octanol–water partition coefficient (Wildman–Crippen LogP) is 0.863. The van der Waals surface area contributed by atoms with E-state index < -0.39 is 17.2 Å². The molecule has 9 nitrogen and oxygen atoms in total. The van der Waals surface area contributed by atoms with Crippen molar-refractivity contribution in [2.45, 2.75) is 37.8 Å². The number of nitrogens with one attached hydrogen (secondary N) is 1. The van der Waals surface area contributed by atoms with Crippen molar-refractivity contribution in [3.05, 3.63) is 35.2 Å². The summed E-state index contributed by atoms with van der Waals surface area (Å²) in [5.74, 6) is 6.55. The Kier molecular flexibility index (Phi) is 5.86. The molecule has 5 N–H and O–H groups in total. The van der Waals surface area contributed by atoms with E-state index in [1.54, 1.807) is 6.92 Å². The minimum atomic E-state index is -0.908. The molecule has 0 aliphatic heterocycles. The molecule has 134 valence electrons. The summed E-state index contributed by atoms with van der Waals surface area (Å²) in [5.41, 5.74) is 7.08. The Bertz CT molecular complexity index is 792. The lowest BCUT2D eigenvalue weighted by molar-refractivity contribution is -0.119. The number of primary amides is 1. The van der Waals surface area contributed by atoms with Crippen LogP contribution >= 0.6 is 11.8 Å². The fraction of sp³-hybridized carbons (Fsp3) is 0.333. The summed E-state index contributed by atoms with van der Waals surface area (Å²) in [6.45, 7) is 5.70. The second kappa shape index (κ2) is 7.88. The number of carbonyl (C=O) groups is 2. The highest BCUT2D eigenvalue weighted by Gasteiger charge is 2.20. The zero-order valence-electron chi connectivity index (χ0n) is 14.1. The molecule has 1 heterocycles. The van der Waals surface area contributed by atoms with Gasteiger partial charge >= 0.3 is 6.03 Å². The minimum absolute atomic E-state index is 0.135. The van der Waals surface area contributed by atoms with Gasteiger partial charge in [-0.25, -0.2) is 9.47 Å². The Morgan fingerprint density at radius 2 is 2.08 bits per heavy atom. The number of hydrogen-bond donors (Lipinski definition) is 3. The molecule has 0 radical (unpaired) electrons. The van der Waals surface area contributed by atoms with Gasteiger partial charge in [0.25, 0.3) is 0 Å². The number of nitrogens with zero attached hydrogens (tertiary/aromatic N) is 3. The third kappa shape index (κ3) is 4.86. The largest absolute Gasteiger partial charge is 0.485 e. The van der Waals surface area contributed by atoms with Crippen molar-refractivity contribution in [2.75, 3.05) is 5.84 Å². The van der Waals surface area contributed by atoms with Gasteiger partial charge in [0.05, 0.1) is 5.25 Å². The van der Waals surface area contributed by atoms with Gasteiger partial charge in [-0.05, 0) is 32.4 Å². The number of imide groups is 1. The van der Waals surface area contributed by atoms with Crippen molar-refractivity contribution in [2.24, 2.45) is 5.73 Å². The highest BCUT2D eigenvalue weighted by atomic mass is 32.2. The summed E-state index contributed by atoms with van der Waals surface area (Å²) in [4.78, 5) is 22.4. The van der Waals surface area contributed by atoms with Crippen LogP contribution in [0, 0.1) is 13.8 Å². The number of nitrogens with two attached hydrogens (primary N) is 2. The van der Waals surface area contributed by atoms with Crippen molar-refractivity contribution in [1.29, 1.82) is 0 Å². The molecule has 3 amide bonds. The molecule has 0 unspecified atom stereocenters. The molecule has 0 aliphatic carbocycles. The number of ether oxygens (including phenoxy) is 1. The van der Waals surface area contributed by atoms with Crippen molar-refractivity contribution in [1.82, 2.24) is 20.2 Å². The van der Waals surface area contributed by atoms with Gasteiger partial charge < -0.3 is 16.3 Å². The van der Waals surface area contributed by atoms with Gasteiger partial charge in [0.1, 0.15) is 12.4 Å². The first kappa shape index (κ1) is 18.6. The maximum Gasteiger partial charge on any atom is 0.318 e. The van der Waals surface area contributed by atoms with E-state index in [1.165, 1.54) is 4.68 Å². The molecule has 1 aromatic carbocycles. The summed E-state index contributed by atoms with van der Waals surface area (Å²) in [7, 11) is 0. The summed E-state index contributed by atoms with van der Waals surface area (Å²) < 4.78 is 6.98. The zero-order chi connectivity index (χ0) is 18.6. The summed E-state index contributed by atoms with van der Waals surface area (Å²) in [6.07, 6.45) is 0. The molecule has 0 aliphatic rings. The second-order valence-electron chi connectivity index (χ2n) is 5.44. The molecule has 1 atom stereocenters. The molecule has 0 saturated carbocycles. The van der Waals surface area contributed by atoms with Crippen molar-refractivity contribution >= 4 is 23.7 Å². The lowest BCUT2D eigenvalue weighted by atomic mass is 10.1. The zero-order valence-corrected chi connectivity index (χ0v) is 15.0. The average molecular weight is 364 g/mol. The molecule has 1 aromatic heterocycles. The number of hydrogen-bond acceptors (Lipinski definition) is 7. The normalized spacial score (nSPS) is 11.8. The van der Waals surface area contributed by atoms with Crippen molar-refractivity contribution in [3.63, 3.8) is 0 Å². The molecular weight excluding hydrogens is 344 g/mol. The number of benzene rings is 1. The van der Waals surface area contributed by atoms with Crippen molar-refractivity contribution < 1.29 is 14.3 Å². The van der Waals surface area contributed by atoms with Crippen LogP contribution in [-0.4, -0.2) is 32.1 Å². The maximum absolute atomic E-state index is 11.7. The van der Waals surface area contributed by atoms with Crippen LogP contribution in [0.5, 0.6) is 5.75 Å². The van der Waals surface area contributed by atoms with E-state index >= 15 is 0 Å². The number of aromatic nitrogens is 3. The number of urea groups is 1. The van der Waals surface area contributed by atoms with Gasteiger partial charge in [-0.2, -0.15) is 0 Å². The quantitative estimate of drug-likeness (QED) is 0.510. The Labute approximate surface area is 149 Å². The predicted molar refractivity (Wildman–Crippen MR) is 93.5 cm³/mol. The number of carbonyl (C=O) groups excluding carboxylic acids is 2. The Balaban J connectivity index is 2.00. The molecule has 0 fully saturated rings. The maximum atomic E-state index is 11.7. The number of amides is 3. The fourth-order valence-electron chi connectivity index (χ4n) is 2.02. The smallest absolute Gasteiger partial charge is 0.318 e. The standard InChI is InChI=1S/C15H20N6O3S/c1-8-4-5-11(9(2)6-8)24-7-12-19-20-15(21(12)17)25-10(3)13(22)18-14(16)23/h4-6,10H,7,17H2,1-3H3,(H3,16,18,22,23)/t10-/m1/s1. The molecule has 0 saturated heterocycles. The van der Waals surface area contributed by atoms with E-state index in [4.69, 9.17) is 16.3 Å². The number of thioether (sulfide) groups is 1. The summed E-state index contributed by atoms with van der Waals surface area (Å²) >= 11 is 1.06. The van der Waals surface area contributed by atoms with Crippen LogP contribution < -0.4 is 21.6 Å². The second-order valence-corrected chi connectivity index (χ2v) is 6.75. The lowest BCUT2D eigenvalue weighted by Crippen LogP contribution is -2.39. The van der Waals surface area contributed by atoms with Crippen LogP contribution in [0.1, 0.15) is 23.9 Å². The average Bonchev–Trinajstić information content (AvgIpc) is 2.86. The SMILES string of the molecule is Cc1ccc(OCc2nnc(S[C@H](C)C(=O)NC(N)=O)n2N)c(C)c1. The highest BCUT2D eigenvalue weighted by Crippen LogP contribution is 2.22. The highest BCUT2D eigenvalue weighted by molar-refractivity contribution is 8.00. The molecule has 10 heteroatoms. The third-order valence-electron chi connectivity index (χ3n) is 3.32. The van der Waals surface area contributed by atoms with Gasteiger partial charge in [0.15, 0.2) is 5.82 Å². The number of aryl methyl sites for hydroxylation is 2. The minimum Gasteiger partial charge on any atom is -0.485 e. The summed E-state index contributed by atoms with van der Waals surface area (Å²) in [6, 6.07) is 4.95. The number of rotatable bonds is 6. The molecule has 0 spiro atoms. The van der Waals surface area contributed by atoms with Gasteiger partial charge in [-0.1, -0.05) is 29.5 Å². The first-order chi connectivity index (χ1) is 11.8. The first-order valence-electron chi connectivity index (χ1n) is 7.44. The van der Waals surface area contributed by atoms with Crippen LogP contribution in [0.25, 0.3) is 0 Å². The van der Waals surface area contributed by atoms with E-state index in [1.807, 2.05) is 37.4 Å². The van der Waals surface area contributed by atoms with E-state index in [2.05, 4.69) is 10.2 Å². The van der Waals surface area contributed by atoms with Gasteiger partial charge in [0.2, 0.25) is 11.1 Å². The van der Waals surface area contributed by atoms with E-state index in [0.717, 1.165) is 28.6 Å². The molecule has 25 heavy (non-hydrogen) atoms. The van der Waals surface area contributed by atoms with E-state index in [0.29, 0.717) is 11.0 Å². The fourth-order valence-corrected chi connectivity index (χ4v) is 2.81. The first-order valence-corrected chi connectivity index (χ1v) is 8.32. The van der Waals surface area contributed by atoms with Crippen LogP contribution in [0.15, 0.2) is 23.4 Å². The molecule has 0 bridgehead atoms. The van der Waals surface area contributed by atoms with Gasteiger partial charge in [-0.15, -0.1) is 10.2 Å². The van der Waals surface area contributed by atoms with Gasteiger partial charge in [0, 0.05) is 0 Å². The lowest BCUT2D eigenvalue weighted by Gasteiger charge is -2.11. The Hall–Kier alpha value is -2.75. The Morgan fingerprint density at radius 3 is 2.72 bits per heavy atom. The summed E-state index contributed by atoms with van der Waals surface area (Å²) in [5, 5.41) is 9.62. The van der Waals surface area contributed by atoms with Crippen LogP contribution in [0.4, 0.5) is 4.79 Å².